The van der Waals surface area contributed by atoms with E-state index >= 15 is 0 Å². The van der Waals surface area contributed by atoms with Gasteiger partial charge in [-0.15, -0.1) is 0 Å². The lowest BCUT2D eigenvalue weighted by Gasteiger charge is -2.31. The number of ether oxygens (including phenoxy) is 2. The van der Waals surface area contributed by atoms with Crippen LogP contribution in [0.5, 0.6) is 5.75 Å². The second-order valence-electron chi connectivity index (χ2n) is 11.4. The Morgan fingerprint density at radius 1 is 0.783 bits per heavy atom. The third kappa shape index (κ3) is 7.03. The molecule has 5 aromatic rings. The fourth-order valence-corrected chi connectivity index (χ4v) is 5.96. The highest BCUT2D eigenvalue weighted by molar-refractivity contribution is 6.01. The third-order valence-corrected chi connectivity index (χ3v) is 8.32. The molecule has 2 atom stereocenters. The maximum absolute atomic E-state index is 14.8. The van der Waals surface area contributed by atoms with E-state index in [0.29, 0.717) is 37.6 Å². The second kappa shape index (κ2) is 14.7. The van der Waals surface area contributed by atoms with Crippen LogP contribution in [-0.4, -0.2) is 42.2 Å². The molecule has 5 aromatic carbocycles. The number of nitrogens with zero attached hydrogens (tertiary/aromatic N) is 1. The van der Waals surface area contributed by atoms with Crippen molar-refractivity contribution >= 4 is 11.8 Å². The molecule has 0 bridgehead atoms. The average Bonchev–Trinajstić information content (AvgIpc) is 3.51. The molecule has 0 aliphatic carbocycles. The number of aliphatic imine (C=N–C) groups is 1. The fraction of sp³-hybridized carbons (Fsp3) is 0.200. The minimum absolute atomic E-state index is 0.0422. The summed E-state index contributed by atoms with van der Waals surface area (Å²) < 4.78 is 12.4. The van der Waals surface area contributed by atoms with Gasteiger partial charge in [-0.25, -0.2) is 4.99 Å². The molecule has 0 radical (unpaired) electrons. The van der Waals surface area contributed by atoms with E-state index in [0.717, 1.165) is 27.8 Å². The van der Waals surface area contributed by atoms with E-state index < -0.39 is 11.6 Å². The first kappa shape index (κ1) is 30.8. The number of aliphatic hydroxyl groups is 1. The van der Waals surface area contributed by atoms with Gasteiger partial charge in [-0.3, -0.25) is 4.79 Å². The number of rotatable bonds is 13. The molecule has 0 fully saturated rings. The molecule has 0 unspecified atom stereocenters. The normalized spacial score (nSPS) is 17.3. The van der Waals surface area contributed by atoms with Gasteiger partial charge in [0, 0.05) is 37.5 Å². The number of carbonyl (C=O) groups is 1. The van der Waals surface area contributed by atoms with Crippen LogP contribution in [0.4, 0.5) is 0 Å². The molecule has 0 saturated heterocycles. The fourth-order valence-electron chi connectivity index (χ4n) is 5.96. The van der Waals surface area contributed by atoms with E-state index in [9.17, 15) is 4.79 Å². The molecule has 6 nitrogen and oxygen atoms in total. The summed E-state index contributed by atoms with van der Waals surface area (Å²) in [5.74, 6) is 0.863. The van der Waals surface area contributed by atoms with Crippen molar-refractivity contribution in [1.82, 2.24) is 5.32 Å². The molecule has 1 aliphatic heterocycles. The Morgan fingerprint density at radius 3 is 1.93 bits per heavy atom. The second-order valence-corrected chi connectivity index (χ2v) is 11.4. The summed E-state index contributed by atoms with van der Waals surface area (Å²) in [6.07, 6.45) is 0.256. The van der Waals surface area contributed by atoms with E-state index in [-0.39, 0.29) is 18.4 Å². The van der Waals surface area contributed by atoms with Crippen LogP contribution < -0.4 is 10.1 Å². The Balaban J connectivity index is 1.38. The Morgan fingerprint density at radius 2 is 1.35 bits per heavy atom. The van der Waals surface area contributed by atoms with Gasteiger partial charge in [0.2, 0.25) is 5.90 Å². The number of hydrogen-bond donors (Lipinski definition) is 2. The number of carbonyl (C=O) groups excluding carboxylic acids is 1. The zero-order chi connectivity index (χ0) is 31.6. The summed E-state index contributed by atoms with van der Waals surface area (Å²) in [5.41, 5.74) is 3.59. The molecule has 6 rings (SSSR count). The van der Waals surface area contributed by atoms with Gasteiger partial charge in [-0.1, -0.05) is 121 Å². The van der Waals surface area contributed by atoms with Gasteiger partial charge < -0.3 is 19.9 Å². The van der Waals surface area contributed by atoms with Crippen molar-refractivity contribution in [1.29, 1.82) is 0 Å². The molecule has 0 aromatic heterocycles. The number of aliphatic hydroxyl groups excluding tert-OH is 1. The van der Waals surface area contributed by atoms with E-state index in [1.807, 2.05) is 121 Å². The smallest absolute Gasteiger partial charge is 0.252 e. The summed E-state index contributed by atoms with van der Waals surface area (Å²) >= 11 is 0. The highest BCUT2D eigenvalue weighted by atomic mass is 16.5. The van der Waals surface area contributed by atoms with Crippen molar-refractivity contribution in [3.63, 3.8) is 0 Å². The van der Waals surface area contributed by atoms with Gasteiger partial charge in [0.25, 0.3) is 5.91 Å². The zero-order valence-corrected chi connectivity index (χ0v) is 25.7. The maximum atomic E-state index is 14.8. The minimum Gasteiger partial charge on any atom is -0.494 e. The van der Waals surface area contributed by atoms with Crippen LogP contribution in [0.1, 0.15) is 46.3 Å². The molecule has 1 heterocycles. The summed E-state index contributed by atoms with van der Waals surface area (Å²) in [5, 5.41) is 12.4. The quantitative estimate of drug-likeness (QED) is 0.142. The molecule has 2 N–H and O–H groups in total. The van der Waals surface area contributed by atoms with E-state index in [1.165, 1.54) is 0 Å². The van der Waals surface area contributed by atoms with Gasteiger partial charge in [0.1, 0.15) is 5.75 Å². The van der Waals surface area contributed by atoms with Crippen LogP contribution in [0.15, 0.2) is 151 Å². The van der Waals surface area contributed by atoms with Crippen LogP contribution >= 0.6 is 0 Å². The lowest BCUT2D eigenvalue weighted by atomic mass is 9.81. The molecular formula is C40H38N2O4. The summed E-state index contributed by atoms with van der Waals surface area (Å²) in [6, 6.07) is 47.9. The van der Waals surface area contributed by atoms with Crippen LogP contribution in [-0.2, 0) is 16.0 Å². The minimum atomic E-state index is -1.27. The molecule has 1 amide bonds. The first-order chi connectivity index (χ1) is 22.7. The Labute approximate surface area is 270 Å². The lowest BCUT2D eigenvalue weighted by molar-refractivity contribution is -0.129. The predicted octanol–water partition coefficient (Wildman–Crippen LogP) is 6.90. The maximum Gasteiger partial charge on any atom is 0.252 e. The summed E-state index contributed by atoms with van der Waals surface area (Å²) in [4.78, 5) is 19.9. The molecule has 6 heteroatoms. The monoisotopic (exact) mass is 610 g/mol. The van der Waals surface area contributed by atoms with Crippen LogP contribution in [0, 0.1) is 0 Å². The molecular weight excluding hydrogens is 572 g/mol. The lowest BCUT2D eigenvalue weighted by Crippen LogP contribution is -2.50. The standard InChI is InChI=1S/C40H38N2O4/c43-26-13-27-45-35-24-22-34(23-25-35)38-42-40(28-30-14-5-1-6-15-30,37(46-38)33-20-11-4-12-21-33)39(44)41-29-36(31-16-7-2-8-17-31)32-18-9-3-10-19-32/h1-12,14-25,36-37,43H,13,26-29H2,(H,41,44)/t37-,40-/m1/s1. The number of hydrogen-bond acceptors (Lipinski definition) is 5. The molecule has 1 aliphatic rings. The van der Waals surface area contributed by atoms with Crippen LogP contribution in [0.2, 0.25) is 0 Å². The van der Waals surface area contributed by atoms with E-state index in [4.69, 9.17) is 19.6 Å². The van der Waals surface area contributed by atoms with Crippen LogP contribution in [0.3, 0.4) is 0 Å². The van der Waals surface area contributed by atoms with Crippen molar-refractivity contribution in [3.05, 3.63) is 173 Å². The first-order valence-electron chi connectivity index (χ1n) is 15.7. The number of nitrogens with one attached hydrogen (secondary N) is 1. The van der Waals surface area contributed by atoms with Gasteiger partial charge in [0.15, 0.2) is 11.6 Å². The molecule has 0 saturated carbocycles. The van der Waals surface area contributed by atoms with Gasteiger partial charge in [0.05, 0.1) is 6.61 Å². The zero-order valence-electron chi connectivity index (χ0n) is 25.7. The van der Waals surface area contributed by atoms with E-state index in [1.54, 1.807) is 0 Å². The topological polar surface area (TPSA) is 80.2 Å². The Bertz CT molecular complexity index is 1670. The summed E-state index contributed by atoms with van der Waals surface area (Å²) in [6.45, 7) is 0.902. The van der Waals surface area contributed by atoms with E-state index in [2.05, 4.69) is 29.6 Å². The van der Waals surface area contributed by atoms with Gasteiger partial charge in [-0.2, -0.15) is 0 Å². The van der Waals surface area contributed by atoms with Crippen LogP contribution in [0.25, 0.3) is 0 Å². The van der Waals surface area contributed by atoms with Crippen molar-refractivity contribution in [2.75, 3.05) is 19.8 Å². The largest absolute Gasteiger partial charge is 0.494 e. The first-order valence-corrected chi connectivity index (χ1v) is 15.7. The van der Waals surface area contributed by atoms with Gasteiger partial charge >= 0.3 is 0 Å². The van der Waals surface area contributed by atoms with Crippen molar-refractivity contribution in [2.45, 2.75) is 30.4 Å². The molecule has 0 spiro atoms. The van der Waals surface area contributed by atoms with Crippen molar-refractivity contribution in [3.8, 4) is 5.75 Å². The molecule has 232 valence electrons. The van der Waals surface area contributed by atoms with Crippen molar-refractivity contribution in [2.24, 2.45) is 4.99 Å². The average molecular weight is 611 g/mol. The SMILES string of the molecule is O=C(NCC(c1ccccc1)c1ccccc1)[C@]1(Cc2ccccc2)N=C(c2ccc(OCCCO)cc2)O[C@@H]1c1ccccc1. The molecule has 46 heavy (non-hydrogen) atoms. The Kier molecular flexibility index (Phi) is 9.86. The predicted molar refractivity (Wildman–Crippen MR) is 181 cm³/mol. The number of amides is 1. The highest BCUT2D eigenvalue weighted by Gasteiger charge is 2.53. The Hall–Kier alpha value is -5.20. The van der Waals surface area contributed by atoms with Crippen molar-refractivity contribution < 1.29 is 19.4 Å². The number of benzene rings is 5. The highest BCUT2D eigenvalue weighted by Crippen LogP contribution is 2.42. The van der Waals surface area contributed by atoms with Gasteiger partial charge in [-0.05, 0) is 46.5 Å². The third-order valence-electron chi connectivity index (χ3n) is 8.32. The summed E-state index contributed by atoms with van der Waals surface area (Å²) in [7, 11) is 0.